The van der Waals surface area contributed by atoms with Gasteiger partial charge in [0.2, 0.25) is 5.91 Å². The third kappa shape index (κ3) is 8.50. The first-order valence-corrected chi connectivity index (χ1v) is 22.4. The van der Waals surface area contributed by atoms with E-state index in [1.807, 2.05) is 78.5 Å². The first kappa shape index (κ1) is 43.9. The van der Waals surface area contributed by atoms with Gasteiger partial charge in [-0.05, 0) is 77.8 Å². The summed E-state index contributed by atoms with van der Waals surface area (Å²) in [7, 11) is 5.57. The van der Waals surface area contributed by atoms with Crippen LogP contribution in [0.25, 0.3) is 11.1 Å². The van der Waals surface area contributed by atoms with Crippen molar-refractivity contribution in [3.05, 3.63) is 119 Å². The van der Waals surface area contributed by atoms with E-state index in [1.165, 1.54) is 12.0 Å². The highest BCUT2D eigenvalue weighted by atomic mass is 16.7. The van der Waals surface area contributed by atoms with Crippen LogP contribution in [0.3, 0.4) is 0 Å². The summed E-state index contributed by atoms with van der Waals surface area (Å²) in [5, 5.41) is 26.5. The molecule has 3 N–H and O–H groups in total. The number of nitrogens with zero attached hydrogens (tertiary/aromatic N) is 4. The van der Waals surface area contributed by atoms with Crippen molar-refractivity contribution in [3.8, 4) is 16.9 Å². The lowest BCUT2D eigenvalue weighted by Gasteiger charge is -2.62. The molecule has 62 heavy (non-hydrogen) atoms. The van der Waals surface area contributed by atoms with Crippen LogP contribution in [0.1, 0.15) is 73.6 Å². The molecule has 4 aromatic rings. The molecular weight excluding hydrogens is 779 g/mol. The Kier molecular flexibility index (Phi) is 12.8. The molecule has 0 aromatic heterocycles. The van der Waals surface area contributed by atoms with Crippen molar-refractivity contribution in [2.75, 3.05) is 52.3 Å². The van der Waals surface area contributed by atoms with Gasteiger partial charge in [0.1, 0.15) is 17.9 Å². The molecule has 0 radical (unpaired) electrons. The fraction of sp³-hybridized carbons (Fsp3) is 0.490. The van der Waals surface area contributed by atoms with E-state index >= 15 is 0 Å². The van der Waals surface area contributed by atoms with Gasteiger partial charge >= 0.3 is 0 Å². The minimum absolute atomic E-state index is 0.0313. The molecule has 3 saturated carbocycles. The second-order valence-electron chi connectivity index (χ2n) is 19.0. The first-order valence-electron chi connectivity index (χ1n) is 22.4. The van der Waals surface area contributed by atoms with Gasteiger partial charge in [-0.15, -0.1) is 0 Å². The van der Waals surface area contributed by atoms with Crippen molar-refractivity contribution >= 4 is 17.5 Å². The topological polar surface area (TPSA) is 118 Å². The predicted octanol–water partition coefficient (Wildman–Crippen LogP) is 6.79. The number of nitrogens with one attached hydrogen (secondary N) is 1. The lowest BCUT2D eigenvalue weighted by Crippen LogP contribution is -2.62. The van der Waals surface area contributed by atoms with E-state index in [0.717, 1.165) is 47.5 Å². The van der Waals surface area contributed by atoms with Crippen molar-refractivity contribution in [2.45, 2.75) is 84.0 Å². The monoisotopic (exact) mass is 843 g/mol. The maximum Gasteiger partial charge on any atom is 0.254 e. The zero-order chi connectivity index (χ0) is 43.9. The van der Waals surface area contributed by atoms with Crippen molar-refractivity contribution in [1.82, 2.24) is 20.2 Å². The maximum atomic E-state index is 14.9. The molecule has 4 aromatic carbocycles. The zero-order valence-corrected chi connectivity index (χ0v) is 37.4. The van der Waals surface area contributed by atoms with Crippen LogP contribution in [0.5, 0.6) is 5.75 Å². The van der Waals surface area contributed by atoms with Crippen LogP contribution in [0, 0.1) is 29.1 Å². The standard InChI is InChI=1S/C51H65N5O6/c1-32-42-26-39(51(42,3)4)27-43(32)52-49(59)47-46(33(2)58)45(31-57)62-56(47)29-36-19-14-20-41(48(36)61-7)37-23-38(25-40(24-37)53(5)6)50(60)55-22-21-54(28-34-15-10-8-11-16-34)30-44(55)35-17-12-9-13-18-35/h8-20,23-25,32-33,39,42-47,57-58H,21-22,26-31H2,1-7H3,(H,52,59)/t32-,33-,39+,42-,43-,44?,45-,46+,47-/m0/s1. The Balaban J connectivity index is 1.08. The van der Waals surface area contributed by atoms with Gasteiger partial charge in [0.05, 0.1) is 32.4 Å². The number of carbonyl (C=O) groups is 2. The van der Waals surface area contributed by atoms with E-state index in [-0.39, 0.29) is 42.5 Å². The summed E-state index contributed by atoms with van der Waals surface area (Å²) >= 11 is 0. The average molecular weight is 844 g/mol. The maximum absolute atomic E-state index is 14.9. The SMILES string of the molecule is COc1c(CN2O[C@@H](CO)[C@@H]([C@H](C)O)[C@H]2C(=O)N[C@H]2C[C@H]3C[C@@H]([C@@H]2C)C3(C)C)cccc1-c1cc(C(=O)N2CCN(Cc3ccccc3)CC2c2ccccc2)cc(N(C)C)c1. The van der Waals surface area contributed by atoms with Gasteiger partial charge in [-0.2, -0.15) is 5.06 Å². The molecule has 5 fully saturated rings. The van der Waals surface area contributed by atoms with E-state index in [2.05, 4.69) is 73.5 Å². The third-order valence-corrected chi connectivity index (χ3v) is 14.8. The fourth-order valence-corrected chi connectivity index (χ4v) is 11.2. The number of rotatable bonds is 13. The number of para-hydroxylation sites is 1. The van der Waals surface area contributed by atoms with Crippen LogP contribution in [0.15, 0.2) is 97.1 Å². The number of methoxy groups -OCH3 is 1. The lowest BCUT2D eigenvalue weighted by atomic mass is 9.45. The molecule has 5 aliphatic rings. The molecule has 9 rings (SSSR count). The molecule has 11 heteroatoms. The van der Waals surface area contributed by atoms with Crippen molar-refractivity contribution in [1.29, 1.82) is 0 Å². The number of hydroxylamine groups is 2. The molecule has 2 bridgehead atoms. The Morgan fingerprint density at radius 2 is 1.68 bits per heavy atom. The van der Waals surface area contributed by atoms with Crippen LogP contribution >= 0.6 is 0 Å². The highest BCUT2D eigenvalue weighted by Gasteiger charge is 2.57. The number of hydrogen-bond acceptors (Lipinski definition) is 9. The van der Waals surface area contributed by atoms with E-state index in [4.69, 9.17) is 9.57 Å². The summed E-state index contributed by atoms with van der Waals surface area (Å²) in [6, 6.07) is 31.7. The number of aliphatic hydroxyl groups is 2. The molecule has 11 nitrogen and oxygen atoms in total. The van der Waals surface area contributed by atoms with Gasteiger partial charge in [-0.3, -0.25) is 19.3 Å². The zero-order valence-electron chi connectivity index (χ0n) is 37.4. The van der Waals surface area contributed by atoms with Crippen molar-refractivity contribution < 1.29 is 29.4 Å². The van der Waals surface area contributed by atoms with Gasteiger partial charge in [0.15, 0.2) is 0 Å². The second kappa shape index (κ2) is 18.1. The molecule has 2 saturated heterocycles. The Morgan fingerprint density at radius 3 is 2.32 bits per heavy atom. The van der Waals surface area contributed by atoms with Gasteiger partial charge in [-0.25, -0.2) is 0 Å². The summed E-state index contributed by atoms with van der Waals surface area (Å²) < 4.78 is 6.19. The second-order valence-corrected chi connectivity index (χ2v) is 19.0. The first-order chi connectivity index (χ1) is 29.8. The van der Waals surface area contributed by atoms with E-state index in [0.29, 0.717) is 42.2 Å². The summed E-state index contributed by atoms with van der Waals surface area (Å²) in [6.07, 6.45) is 0.457. The molecule has 2 heterocycles. The quantitative estimate of drug-likeness (QED) is 0.134. The minimum Gasteiger partial charge on any atom is -0.496 e. The fourth-order valence-electron chi connectivity index (χ4n) is 11.2. The lowest BCUT2D eigenvalue weighted by molar-refractivity contribution is -0.183. The third-order valence-electron chi connectivity index (χ3n) is 14.8. The highest BCUT2D eigenvalue weighted by Crippen LogP contribution is 2.61. The number of fused-ring (bicyclic) bond motifs is 2. The summed E-state index contributed by atoms with van der Waals surface area (Å²) in [5.41, 5.74) is 6.46. The highest BCUT2D eigenvalue weighted by molar-refractivity contribution is 5.97. The molecule has 2 aliphatic heterocycles. The Hall–Kier alpha value is -4.78. The van der Waals surface area contributed by atoms with E-state index < -0.39 is 24.2 Å². The Bertz CT molecular complexity index is 2200. The molecule has 3 aliphatic carbocycles. The normalized spacial score (nSPS) is 27.6. The average Bonchev–Trinajstić information content (AvgIpc) is 3.65. The smallest absolute Gasteiger partial charge is 0.254 e. The van der Waals surface area contributed by atoms with Crippen LogP contribution in [-0.2, 0) is 22.7 Å². The number of anilines is 1. The molecule has 9 atom stereocenters. The van der Waals surface area contributed by atoms with E-state index in [1.54, 1.807) is 19.1 Å². The van der Waals surface area contributed by atoms with Crippen molar-refractivity contribution in [2.24, 2.45) is 29.1 Å². The number of hydrogen-bond donors (Lipinski definition) is 3. The number of amides is 2. The van der Waals surface area contributed by atoms with Gasteiger partial charge in [0.25, 0.3) is 5.91 Å². The number of aliphatic hydroxyl groups excluding tert-OH is 2. The summed E-state index contributed by atoms with van der Waals surface area (Å²) in [6.45, 7) is 11.3. The van der Waals surface area contributed by atoms with Gasteiger partial charge in [0, 0.05) is 74.6 Å². The van der Waals surface area contributed by atoms with Crippen molar-refractivity contribution in [3.63, 3.8) is 0 Å². The Labute approximate surface area is 367 Å². The summed E-state index contributed by atoms with van der Waals surface area (Å²) in [4.78, 5) is 42.1. The van der Waals surface area contributed by atoms with E-state index in [9.17, 15) is 19.8 Å². The molecule has 330 valence electrons. The molecule has 2 amide bonds. The van der Waals surface area contributed by atoms with Crippen LogP contribution < -0.4 is 15.0 Å². The molecular formula is C51H65N5O6. The minimum atomic E-state index is -0.907. The van der Waals surface area contributed by atoms with Crippen LogP contribution in [0.2, 0.25) is 0 Å². The Morgan fingerprint density at radius 1 is 0.952 bits per heavy atom. The number of piperazine rings is 1. The number of benzene rings is 4. The predicted molar refractivity (Wildman–Crippen MR) is 242 cm³/mol. The largest absolute Gasteiger partial charge is 0.496 e. The molecule has 1 unspecified atom stereocenters. The molecule has 0 spiro atoms. The van der Waals surface area contributed by atoms with Crippen LogP contribution in [-0.4, -0.2) is 109 Å². The van der Waals surface area contributed by atoms with Gasteiger partial charge < -0.3 is 30.1 Å². The number of ether oxygens (including phenoxy) is 1. The number of carbonyl (C=O) groups excluding carboxylic acids is 2. The van der Waals surface area contributed by atoms with Gasteiger partial charge in [-0.1, -0.05) is 99.6 Å². The van der Waals surface area contributed by atoms with Crippen LogP contribution in [0.4, 0.5) is 5.69 Å². The summed E-state index contributed by atoms with van der Waals surface area (Å²) in [5.74, 6) is 1.15.